The van der Waals surface area contributed by atoms with Gasteiger partial charge in [-0.05, 0) is 25.0 Å². The van der Waals surface area contributed by atoms with E-state index in [9.17, 15) is 13.2 Å². The zero-order valence-electron chi connectivity index (χ0n) is 13.4. The van der Waals surface area contributed by atoms with Crippen molar-refractivity contribution in [2.75, 3.05) is 0 Å². The topological polar surface area (TPSA) is 60.4 Å². The molecule has 0 bridgehead atoms. The second-order valence-electron chi connectivity index (χ2n) is 5.76. The largest absolute Gasteiger partial charge is 0.297 e. The Hall–Kier alpha value is -1.98. The summed E-state index contributed by atoms with van der Waals surface area (Å²) in [6.45, 7) is 5.39. The predicted molar refractivity (Wildman–Crippen MR) is 88.8 cm³/mol. The molecule has 0 heterocycles. The molecule has 23 heavy (non-hydrogen) atoms. The molecule has 0 saturated carbocycles. The van der Waals surface area contributed by atoms with E-state index in [1.807, 2.05) is 6.92 Å². The molecule has 1 unspecified atom stereocenters. The van der Waals surface area contributed by atoms with Gasteiger partial charge in [0.1, 0.15) is 6.10 Å². The number of Topliss-reactive ketones (excluding diaryl/α,β-unsaturated/α-hetero) is 1. The van der Waals surface area contributed by atoms with Crippen LogP contribution in [0.2, 0.25) is 0 Å². The van der Waals surface area contributed by atoms with Crippen molar-refractivity contribution in [2.24, 2.45) is 5.92 Å². The third kappa shape index (κ3) is 4.27. The summed E-state index contributed by atoms with van der Waals surface area (Å²) in [5, 5.41) is 0. The summed E-state index contributed by atoms with van der Waals surface area (Å²) in [6.07, 6.45) is -1.05. The highest BCUT2D eigenvalue weighted by Gasteiger charge is 2.30. The lowest BCUT2D eigenvalue weighted by Crippen LogP contribution is -2.32. The fourth-order valence-corrected chi connectivity index (χ4v) is 3.28. The molecule has 0 aromatic heterocycles. The van der Waals surface area contributed by atoms with Crippen LogP contribution in [0.1, 0.15) is 29.8 Å². The van der Waals surface area contributed by atoms with Gasteiger partial charge in [0, 0.05) is 5.56 Å². The van der Waals surface area contributed by atoms with Crippen LogP contribution in [0.3, 0.4) is 0 Å². The van der Waals surface area contributed by atoms with Crippen molar-refractivity contribution >= 4 is 15.9 Å². The van der Waals surface area contributed by atoms with Crippen LogP contribution in [-0.2, 0) is 14.3 Å². The molecule has 0 fully saturated rings. The molecule has 0 spiro atoms. The van der Waals surface area contributed by atoms with Gasteiger partial charge < -0.3 is 0 Å². The lowest BCUT2D eigenvalue weighted by atomic mass is 9.98. The van der Waals surface area contributed by atoms with Gasteiger partial charge in [-0.3, -0.25) is 8.98 Å². The maximum atomic E-state index is 12.6. The van der Waals surface area contributed by atoms with E-state index in [0.717, 1.165) is 5.56 Å². The molecule has 2 aromatic rings. The summed E-state index contributed by atoms with van der Waals surface area (Å²) in [5.41, 5.74) is 1.38. The van der Waals surface area contributed by atoms with Gasteiger partial charge in [-0.25, -0.2) is 0 Å². The van der Waals surface area contributed by atoms with E-state index in [4.69, 9.17) is 4.18 Å². The zero-order valence-corrected chi connectivity index (χ0v) is 14.2. The monoisotopic (exact) mass is 332 g/mol. The smallest absolute Gasteiger partial charge is 0.291 e. The van der Waals surface area contributed by atoms with Gasteiger partial charge in [-0.15, -0.1) is 0 Å². The minimum atomic E-state index is -4.00. The van der Waals surface area contributed by atoms with Crippen LogP contribution in [0.15, 0.2) is 59.5 Å². The number of carbonyl (C=O) groups is 1. The molecule has 1 atom stereocenters. The number of hydrogen-bond acceptors (Lipinski definition) is 4. The minimum Gasteiger partial charge on any atom is -0.291 e. The summed E-state index contributed by atoms with van der Waals surface area (Å²) in [5.74, 6) is -0.612. The number of carbonyl (C=O) groups excluding carboxylic acids is 1. The van der Waals surface area contributed by atoms with Crippen LogP contribution < -0.4 is 0 Å². The van der Waals surface area contributed by atoms with E-state index in [2.05, 4.69) is 0 Å². The lowest BCUT2D eigenvalue weighted by molar-refractivity contribution is 0.0724. The van der Waals surface area contributed by atoms with Gasteiger partial charge in [-0.1, -0.05) is 61.9 Å². The lowest BCUT2D eigenvalue weighted by Gasteiger charge is -2.20. The van der Waals surface area contributed by atoms with E-state index < -0.39 is 16.2 Å². The highest BCUT2D eigenvalue weighted by atomic mass is 32.2. The van der Waals surface area contributed by atoms with Gasteiger partial charge in [0.2, 0.25) is 0 Å². The summed E-state index contributed by atoms with van der Waals surface area (Å²) < 4.78 is 30.1. The third-order valence-electron chi connectivity index (χ3n) is 3.46. The summed E-state index contributed by atoms with van der Waals surface area (Å²) in [4.78, 5) is 12.6. The van der Waals surface area contributed by atoms with Crippen molar-refractivity contribution in [3.05, 3.63) is 65.7 Å². The molecule has 0 radical (unpaired) electrons. The van der Waals surface area contributed by atoms with Crippen LogP contribution in [0.25, 0.3) is 0 Å². The average Bonchev–Trinajstić information content (AvgIpc) is 2.53. The van der Waals surface area contributed by atoms with Crippen molar-refractivity contribution in [1.82, 2.24) is 0 Å². The Labute approximate surface area is 137 Å². The van der Waals surface area contributed by atoms with E-state index in [1.165, 1.54) is 12.1 Å². The normalized spacial score (nSPS) is 13.0. The van der Waals surface area contributed by atoms with Crippen molar-refractivity contribution in [1.29, 1.82) is 0 Å². The molecule has 122 valence electrons. The first-order chi connectivity index (χ1) is 10.8. The first kappa shape index (κ1) is 17.4. The molecule has 4 nitrogen and oxygen atoms in total. The highest BCUT2D eigenvalue weighted by molar-refractivity contribution is 7.86. The second kappa shape index (κ2) is 7.06. The van der Waals surface area contributed by atoms with Gasteiger partial charge in [0.25, 0.3) is 10.1 Å². The Balaban J connectivity index is 2.29. The molecule has 0 N–H and O–H groups in total. The molecule has 0 amide bonds. The fraction of sp³-hybridized carbons (Fsp3) is 0.278. The predicted octanol–water partition coefficient (Wildman–Crippen LogP) is 3.61. The van der Waals surface area contributed by atoms with Gasteiger partial charge in [0.05, 0.1) is 4.90 Å². The Kier molecular flexibility index (Phi) is 5.34. The highest BCUT2D eigenvalue weighted by Crippen LogP contribution is 2.21. The Morgan fingerprint density at radius 3 is 2.04 bits per heavy atom. The Bertz CT molecular complexity index is 762. The Morgan fingerprint density at radius 2 is 1.52 bits per heavy atom. The van der Waals surface area contributed by atoms with Crippen molar-refractivity contribution in [3.8, 4) is 0 Å². The zero-order chi connectivity index (χ0) is 17.0. The maximum Gasteiger partial charge on any atom is 0.297 e. The number of aryl methyl sites for hydroxylation is 1. The van der Waals surface area contributed by atoms with Crippen LogP contribution in [0.5, 0.6) is 0 Å². The van der Waals surface area contributed by atoms with Crippen molar-refractivity contribution in [3.63, 3.8) is 0 Å². The van der Waals surface area contributed by atoms with E-state index in [1.54, 1.807) is 56.3 Å². The van der Waals surface area contributed by atoms with Crippen molar-refractivity contribution in [2.45, 2.75) is 31.8 Å². The molecule has 0 saturated heterocycles. The molecule has 0 aliphatic carbocycles. The number of rotatable bonds is 6. The standard InChI is InChI=1S/C18H20O4S/c1-13(2)18(17(19)15-7-5-4-6-8-15)22-23(20,21)16-11-9-14(3)10-12-16/h4-13,18H,1-3H3. The first-order valence-corrected chi connectivity index (χ1v) is 8.81. The third-order valence-corrected chi connectivity index (χ3v) is 4.77. The molecule has 2 aromatic carbocycles. The van der Waals surface area contributed by atoms with Crippen LogP contribution in [0.4, 0.5) is 0 Å². The van der Waals surface area contributed by atoms with E-state index in [0.29, 0.717) is 5.56 Å². The molecular formula is C18H20O4S. The minimum absolute atomic E-state index is 0.0506. The molecule has 2 rings (SSSR count). The van der Waals surface area contributed by atoms with Crippen molar-refractivity contribution < 1.29 is 17.4 Å². The fourth-order valence-electron chi connectivity index (χ4n) is 2.12. The van der Waals surface area contributed by atoms with Crippen LogP contribution >= 0.6 is 0 Å². The summed E-state index contributed by atoms with van der Waals surface area (Å²) in [6, 6.07) is 14.9. The van der Waals surface area contributed by atoms with Gasteiger partial charge in [-0.2, -0.15) is 8.42 Å². The average molecular weight is 332 g/mol. The number of ketones is 1. The molecule has 5 heteroatoms. The quantitative estimate of drug-likeness (QED) is 0.599. The van der Waals surface area contributed by atoms with E-state index >= 15 is 0 Å². The molecular weight excluding hydrogens is 312 g/mol. The summed E-state index contributed by atoms with van der Waals surface area (Å²) in [7, 11) is -4.00. The number of hydrogen-bond donors (Lipinski definition) is 0. The summed E-state index contributed by atoms with van der Waals surface area (Å²) >= 11 is 0. The molecule has 0 aliphatic rings. The van der Waals surface area contributed by atoms with Crippen LogP contribution in [0, 0.1) is 12.8 Å². The van der Waals surface area contributed by atoms with Crippen LogP contribution in [-0.4, -0.2) is 20.3 Å². The van der Waals surface area contributed by atoms with Gasteiger partial charge in [0.15, 0.2) is 5.78 Å². The second-order valence-corrected chi connectivity index (χ2v) is 7.33. The molecule has 0 aliphatic heterocycles. The SMILES string of the molecule is Cc1ccc(S(=O)(=O)OC(C(=O)c2ccccc2)C(C)C)cc1. The first-order valence-electron chi connectivity index (χ1n) is 7.40. The van der Waals surface area contributed by atoms with Gasteiger partial charge >= 0.3 is 0 Å². The Morgan fingerprint density at radius 1 is 0.957 bits per heavy atom. The maximum absolute atomic E-state index is 12.6. The number of benzene rings is 2. The van der Waals surface area contributed by atoms with E-state index in [-0.39, 0.29) is 16.6 Å².